The smallest absolute Gasteiger partial charge is 0.163 e. The molecule has 0 bridgehead atoms. The average molecular weight is 327 g/mol. The van der Waals surface area contributed by atoms with Gasteiger partial charge in [-0.05, 0) is 44.2 Å². The van der Waals surface area contributed by atoms with E-state index in [2.05, 4.69) is 23.0 Å². The van der Waals surface area contributed by atoms with Crippen LogP contribution in [0.1, 0.15) is 43.9 Å². The number of fused-ring (bicyclic) bond motifs is 2. The zero-order valence-corrected chi connectivity index (χ0v) is 14.3. The summed E-state index contributed by atoms with van der Waals surface area (Å²) in [5.41, 5.74) is 3.68. The fourth-order valence-corrected chi connectivity index (χ4v) is 3.47. The molecule has 0 saturated carbocycles. The van der Waals surface area contributed by atoms with Crippen LogP contribution in [-0.2, 0) is 12.8 Å². The molecular formula is C19H25N3O2. The van der Waals surface area contributed by atoms with E-state index in [-0.39, 0.29) is 0 Å². The Hall–Kier alpha value is -2.17. The summed E-state index contributed by atoms with van der Waals surface area (Å²) in [6.45, 7) is 4.46. The van der Waals surface area contributed by atoms with Crippen molar-refractivity contribution < 1.29 is 9.47 Å². The van der Waals surface area contributed by atoms with E-state index in [9.17, 15) is 0 Å². The maximum atomic E-state index is 5.74. The number of unbranched alkanes of at least 4 members (excludes halogenated alkanes) is 1. The third kappa shape index (κ3) is 2.83. The van der Waals surface area contributed by atoms with Gasteiger partial charge in [-0.2, -0.15) is 5.10 Å². The van der Waals surface area contributed by atoms with Crippen LogP contribution in [0.3, 0.4) is 0 Å². The van der Waals surface area contributed by atoms with Gasteiger partial charge in [0.1, 0.15) is 19.0 Å². The van der Waals surface area contributed by atoms with Gasteiger partial charge in [0.05, 0.1) is 11.4 Å². The first kappa shape index (κ1) is 15.4. The molecule has 3 heterocycles. The lowest BCUT2D eigenvalue weighted by Crippen LogP contribution is -2.15. The molecule has 0 amide bonds. The number of nitrogens with zero attached hydrogens (tertiary/aromatic N) is 2. The number of rotatable bonds is 4. The molecule has 2 aliphatic rings. The van der Waals surface area contributed by atoms with Crippen molar-refractivity contribution in [2.24, 2.45) is 0 Å². The molecule has 5 heteroatoms. The van der Waals surface area contributed by atoms with Crippen LogP contribution < -0.4 is 14.8 Å². The monoisotopic (exact) mass is 327 g/mol. The molecule has 2 aromatic rings. The van der Waals surface area contributed by atoms with Gasteiger partial charge in [0.15, 0.2) is 11.5 Å². The van der Waals surface area contributed by atoms with Crippen molar-refractivity contribution in [1.82, 2.24) is 9.78 Å². The first-order valence-electron chi connectivity index (χ1n) is 9.11. The molecule has 0 fully saturated rings. The van der Waals surface area contributed by atoms with Crippen LogP contribution in [0.4, 0.5) is 5.82 Å². The number of aromatic nitrogens is 2. The van der Waals surface area contributed by atoms with Gasteiger partial charge >= 0.3 is 0 Å². The molecule has 1 aromatic carbocycles. The highest BCUT2D eigenvalue weighted by atomic mass is 16.6. The van der Waals surface area contributed by atoms with E-state index in [0.717, 1.165) is 42.4 Å². The summed E-state index contributed by atoms with van der Waals surface area (Å²) in [6, 6.07) is 6.09. The number of benzene rings is 1. The Balaban J connectivity index is 1.75. The molecule has 0 aliphatic carbocycles. The lowest BCUT2D eigenvalue weighted by molar-refractivity contribution is 0.171. The van der Waals surface area contributed by atoms with Crippen LogP contribution in [-0.4, -0.2) is 29.5 Å². The van der Waals surface area contributed by atoms with Crippen LogP contribution in [0, 0.1) is 0 Å². The molecule has 0 atom stereocenters. The zero-order chi connectivity index (χ0) is 16.4. The summed E-state index contributed by atoms with van der Waals surface area (Å²) in [7, 11) is 0. The highest BCUT2D eigenvalue weighted by Crippen LogP contribution is 2.35. The van der Waals surface area contributed by atoms with Crippen molar-refractivity contribution in [2.75, 3.05) is 25.1 Å². The Kier molecular flexibility index (Phi) is 4.32. The SMILES string of the molecule is CCCCc1nn(-c2ccc3c(c2)OCCO3)c2c1CCCCN2. The molecule has 0 unspecified atom stereocenters. The van der Waals surface area contributed by atoms with Gasteiger partial charge in [0.2, 0.25) is 0 Å². The average Bonchev–Trinajstić information content (AvgIpc) is 2.80. The summed E-state index contributed by atoms with van der Waals surface area (Å²) in [5, 5.41) is 8.55. The van der Waals surface area contributed by atoms with Crippen molar-refractivity contribution in [3.63, 3.8) is 0 Å². The second-order valence-electron chi connectivity index (χ2n) is 6.50. The third-order valence-electron chi connectivity index (χ3n) is 4.75. The van der Waals surface area contributed by atoms with Gasteiger partial charge in [0.25, 0.3) is 0 Å². The fourth-order valence-electron chi connectivity index (χ4n) is 3.47. The highest BCUT2D eigenvalue weighted by molar-refractivity contribution is 5.57. The van der Waals surface area contributed by atoms with E-state index in [1.165, 1.54) is 36.9 Å². The number of aryl methyl sites for hydroxylation is 1. The Morgan fingerprint density at radius 1 is 1.17 bits per heavy atom. The molecule has 4 rings (SSSR count). The van der Waals surface area contributed by atoms with E-state index in [4.69, 9.17) is 14.6 Å². The van der Waals surface area contributed by atoms with Crippen molar-refractivity contribution in [2.45, 2.75) is 45.4 Å². The molecule has 2 aliphatic heterocycles. The van der Waals surface area contributed by atoms with Crippen LogP contribution in [0.2, 0.25) is 0 Å². The molecule has 0 spiro atoms. The lowest BCUT2D eigenvalue weighted by Gasteiger charge is -2.19. The number of nitrogens with one attached hydrogen (secondary N) is 1. The molecule has 128 valence electrons. The Bertz CT molecular complexity index is 724. The minimum Gasteiger partial charge on any atom is -0.486 e. The Labute approximate surface area is 143 Å². The molecule has 5 nitrogen and oxygen atoms in total. The normalized spacial score (nSPS) is 16.2. The molecule has 0 saturated heterocycles. The minimum atomic E-state index is 0.605. The van der Waals surface area contributed by atoms with Crippen LogP contribution >= 0.6 is 0 Å². The molecule has 1 N–H and O–H groups in total. The molecular weight excluding hydrogens is 302 g/mol. The number of ether oxygens (including phenoxy) is 2. The fraction of sp³-hybridized carbons (Fsp3) is 0.526. The van der Waals surface area contributed by atoms with Gasteiger partial charge < -0.3 is 14.8 Å². The molecule has 1 aromatic heterocycles. The Morgan fingerprint density at radius 3 is 2.92 bits per heavy atom. The second-order valence-corrected chi connectivity index (χ2v) is 6.50. The summed E-state index contributed by atoms with van der Waals surface area (Å²) >= 11 is 0. The van der Waals surface area contributed by atoms with E-state index >= 15 is 0 Å². The van der Waals surface area contributed by atoms with Crippen LogP contribution in [0.5, 0.6) is 11.5 Å². The lowest BCUT2D eigenvalue weighted by atomic mass is 10.1. The largest absolute Gasteiger partial charge is 0.486 e. The van der Waals surface area contributed by atoms with E-state index in [1.54, 1.807) is 0 Å². The van der Waals surface area contributed by atoms with Crippen LogP contribution in [0.25, 0.3) is 5.69 Å². The topological polar surface area (TPSA) is 48.3 Å². The first-order chi connectivity index (χ1) is 11.9. The standard InChI is InChI=1S/C19H25N3O2/c1-2-3-7-16-15-6-4-5-10-20-19(15)22(21-16)14-8-9-17-18(13-14)24-12-11-23-17/h8-9,13,20H,2-7,10-12H2,1H3. The summed E-state index contributed by atoms with van der Waals surface area (Å²) in [5.74, 6) is 2.80. The van der Waals surface area contributed by atoms with Gasteiger partial charge in [-0.25, -0.2) is 4.68 Å². The molecule has 0 radical (unpaired) electrons. The Morgan fingerprint density at radius 2 is 2.04 bits per heavy atom. The van der Waals surface area contributed by atoms with E-state index in [0.29, 0.717) is 13.2 Å². The van der Waals surface area contributed by atoms with Crippen molar-refractivity contribution in [3.8, 4) is 17.2 Å². The minimum absolute atomic E-state index is 0.605. The highest BCUT2D eigenvalue weighted by Gasteiger charge is 2.21. The maximum Gasteiger partial charge on any atom is 0.163 e. The number of anilines is 1. The van der Waals surface area contributed by atoms with Crippen molar-refractivity contribution in [3.05, 3.63) is 29.5 Å². The predicted molar refractivity (Wildman–Crippen MR) is 94.6 cm³/mol. The summed E-state index contributed by atoms with van der Waals surface area (Å²) in [4.78, 5) is 0. The third-order valence-corrected chi connectivity index (χ3v) is 4.75. The van der Waals surface area contributed by atoms with E-state index < -0.39 is 0 Å². The van der Waals surface area contributed by atoms with Gasteiger partial charge in [-0.1, -0.05) is 13.3 Å². The second kappa shape index (κ2) is 6.75. The summed E-state index contributed by atoms with van der Waals surface area (Å²) in [6.07, 6.45) is 6.99. The van der Waals surface area contributed by atoms with Crippen molar-refractivity contribution >= 4 is 5.82 Å². The van der Waals surface area contributed by atoms with Gasteiger partial charge in [-0.15, -0.1) is 0 Å². The van der Waals surface area contributed by atoms with Gasteiger partial charge in [-0.3, -0.25) is 0 Å². The quantitative estimate of drug-likeness (QED) is 0.929. The summed E-state index contributed by atoms with van der Waals surface area (Å²) < 4.78 is 13.4. The molecule has 24 heavy (non-hydrogen) atoms. The number of hydrogen-bond donors (Lipinski definition) is 1. The first-order valence-corrected chi connectivity index (χ1v) is 9.11. The van der Waals surface area contributed by atoms with Crippen molar-refractivity contribution in [1.29, 1.82) is 0 Å². The zero-order valence-electron chi connectivity index (χ0n) is 14.3. The van der Waals surface area contributed by atoms with E-state index in [1.807, 2.05) is 12.1 Å². The van der Waals surface area contributed by atoms with Crippen LogP contribution in [0.15, 0.2) is 18.2 Å². The maximum absolute atomic E-state index is 5.74. The number of hydrogen-bond acceptors (Lipinski definition) is 4. The van der Waals surface area contributed by atoms with Gasteiger partial charge in [0, 0.05) is 18.2 Å². The predicted octanol–water partition coefficient (Wildman–Crippen LogP) is 3.73.